The Morgan fingerprint density at radius 2 is 2.00 bits per heavy atom. The van der Waals surface area contributed by atoms with Crippen molar-refractivity contribution < 1.29 is 22.4 Å². The predicted molar refractivity (Wildman–Crippen MR) is 95.6 cm³/mol. The number of carbonyl (C=O) groups excluding carboxylic acids is 1. The summed E-state index contributed by atoms with van der Waals surface area (Å²) in [7, 11) is 3.36. The van der Waals surface area contributed by atoms with Crippen molar-refractivity contribution in [3.05, 3.63) is 54.3 Å². The molecule has 0 spiro atoms. The lowest BCUT2D eigenvalue weighted by Gasteiger charge is -2.17. The van der Waals surface area contributed by atoms with Gasteiger partial charge in [-0.2, -0.15) is 13.2 Å². The average molecular weight is 413 g/mol. The van der Waals surface area contributed by atoms with Crippen LogP contribution in [0.5, 0.6) is 0 Å². The number of thioether (sulfide) groups is 1. The molecule has 0 fully saturated rings. The standard InChI is InChI=1S/C17H18F3N5O2S/c1-23-7-5-22-16(23)28-10-12-3-4-13(27-12)15(26)24(2)9-14-21-6-8-25(14)11-17(18,19)20/h3-8H,9-11H2,1-2H3. The second kappa shape index (κ2) is 8.13. The van der Waals surface area contributed by atoms with Crippen LogP contribution in [-0.2, 0) is 25.9 Å². The van der Waals surface area contributed by atoms with Gasteiger partial charge in [-0.05, 0) is 12.1 Å². The summed E-state index contributed by atoms with van der Waals surface area (Å²) in [6.07, 6.45) is 1.67. The number of nitrogens with zero attached hydrogens (tertiary/aromatic N) is 5. The summed E-state index contributed by atoms with van der Waals surface area (Å²) >= 11 is 1.46. The lowest BCUT2D eigenvalue weighted by atomic mass is 10.3. The van der Waals surface area contributed by atoms with Gasteiger partial charge in [0.15, 0.2) is 10.9 Å². The monoisotopic (exact) mass is 413 g/mol. The van der Waals surface area contributed by atoms with Crippen LogP contribution in [0.15, 0.2) is 46.5 Å². The summed E-state index contributed by atoms with van der Waals surface area (Å²) in [4.78, 5) is 21.9. The van der Waals surface area contributed by atoms with Crippen molar-refractivity contribution in [1.29, 1.82) is 0 Å². The molecule has 150 valence electrons. The summed E-state index contributed by atoms with van der Waals surface area (Å²) < 4.78 is 46.3. The first-order valence-corrected chi connectivity index (χ1v) is 9.22. The zero-order valence-corrected chi connectivity index (χ0v) is 16.0. The van der Waals surface area contributed by atoms with Crippen LogP contribution in [0.3, 0.4) is 0 Å². The topological polar surface area (TPSA) is 69.1 Å². The zero-order chi connectivity index (χ0) is 20.3. The minimum absolute atomic E-state index is 0.0695. The minimum Gasteiger partial charge on any atom is -0.455 e. The Morgan fingerprint density at radius 1 is 1.25 bits per heavy atom. The molecule has 3 aromatic heterocycles. The fraction of sp³-hybridized carbons (Fsp3) is 0.353. The van der Waals surface area contributed by atoms with Gasteiger partial charge in [0, 0.05) is 38.9 Å². The summed E-state index contributed by atoms with van der Waals surface area (Å²) in [5, 5.41) is 0.817. The largest absolute Gasteiger partial charge is 0.455 e. The number of halogens is 3. The molecule has 3 aromatic rings. The Labute approximate surface area is 163 Å². The van der Waals surface area contributed by atoms with Crippen LogP contribution in [0.1, 0.15) is 22.1 Å². The van der Waals surface area contributed by atoms with Gasteiger partial charge in [0.1, 0.15) is 18.1 Å². The van der Waals surface area contributed by atoms with Crippen molar-refractivity contribution >= 4 is 17.7 Å². The Balaban J connectivity index is 1.61. The third-order valence-corrected chi connectivity index (χ3v) is 4.95. The van der Waals surface area contributed by atoms with Crippen molar-refractivity contribution in [2.45, 2.75) is 30.2 Å². The van der Waals surface area contributed by atoms with Gasteiger partial charge >= 0.3 is 6.18 Å². The van der Waals surface area contributed by atoms with E-state index >= 15 is 0 Å². The molecule has 1 amide bonds. The molecular weight excluding hydrogens is 395 g/mol. The number of amides is 1. The second-order valence-corrected chi connectivity index (χ2v) is 7.07. The van der Waals surface area contributed by atoms with E-state index in [-0.39, 0.29) is 18.1 Å². The van der Waals surface area contributed by atoms with E-state index in [9.17, 15) is 18.0 Å². The molecule has 0 saturated carbocycles. The third kappa shape index (κ3) is 4.97. The highest BCUT2D eigenvalue weighted by molar-refractivity contribution is 7.98. The number of carbonyl (C=O) groups is 1. The highest BCUT2D eigenvalue weighted by Crippen LogP contribution is 2.23. The minimum atomic E-state index is -4.36. The van der Waals surface area contributed by atoms with Gasteiger partial charge in [-0.1, -0.05) is 11.8 Å². The Morgan fingerprint density at radius 3 is 2.68 bits per heavy atom. The number of aromatic nitrogens is 4. The Kier molecular flexibility index (Phi) is 5.82. The Bertz CT molecular complexity index is 947. The molecule has 0 N–H and O–H groups in total. The van der Waals surface area contributed by atoms with Gasteiger partial charge in [-0.3, -0.25) is 4.79 Å². The van der Waals surface area contributed by atoms with Gasteiger partial charge in [-0.25, -0.2) is 9.97 Å². The average Bonchev–Trinajstić information content (AvgIpc) is 3.34. The molecular formula is C17H18F3N5O2S. The molecule has 0 atom stereocenters. The van der Waals surface area contributed by atoms with Crippen LogP contribution in [0.2, 0.25) is 0 Å². The lowest BCUT2D eigenvalue weighted by Crippen LogP contribution is -2.28. The van der Waals surface area contributed by atoms with Crippen LogP contribution < -0.4 is 0 Å². The molecule has 0 aliphatic carbocycles. The lowest BCUT2D eigenvalue weighted by molar-refractivity contribution is -0.141. The zero-order valence-electron chi connectivity index (χ0n) is 15.2. The summed E-state index contributed by atoms with van der Waals surface area (Å²) in [5.41, 5.74) is 0. The van der Waals surface area contributed by atoms with E-state index < -0.39 is 18.6 Å². The molecule has 11 heteroatoms. The van der Waals surface area contributed by atoms with Crippen molar-refractivity contribution in [2.75, 3.05) is 7.05 Å². The van der Waals surface area contributed by atoms with Gasteiger partial charge < -0.3 is 18.5 Å². The fourth-order valence-electron chi connectivity index (χ4n) is 2.50. The summed E-state index contributed by atoms with van der Waals surface area (Å²) in [5.74, 6) is 0.924. The van der Waals surface area contributed by atoms with Gasteiger partial charge in [0.2, 0.25) is 0 Å². The molecule has 0 aromatic carbocycles. The SMILES string of the molecule is CN(Cc1nccn1CC(F)(F)F)C(=O)c1ccc(CSc2nccn2C)o1. The maximum Gasteiger partial charge on any atom is 0.406 e. The van der Waals surface area contributed by atoms with Crippen LogP contribution >= 0.6 is 11.8 Å². The molecule has 0 aliphatic heterocycles. The van der Waals surface area contributed by atoms with Crippen molar-refractivity contribution in [3.8, 4) is 0 Å². The summed E-state index contributed by atoms with van der Waals surface area (Å²) in [6, 6.07) is 3.25. The normalized spacial score (nSPS) is 11.8. The summed E-state index contributed by atoms with van der Waals surface area (Å²) in [6.45, 7) is -1.22. The number of rotatable bonds is 7. The molecule has 3 heterocycles. The van der Waals surface area contributed by atoms with Crippen LogP contribution in [0.4, 0.5) is 13.2 Å². The Hall–Kier alpha value is -2.69. The number of imidazole rings is 2. The third-order valence-electron chi connectivity index (χ3n) is 3.87. The highest BCUT2D eigenvalue weighted by Gasteiger charge is 2.29. The highest BCUT2D eigenvalue weighted by atomic mass is 32.2. The van der Waals surface area contributed by atoms with E-state index in [4.69, 9.17) is 4.42 Å². The second-order valence-electron chi connectivity index (χ2n) is 6.12. The number of aryl methyl sites for hydroxylation is 1. The van der Waals surface area contributed by atoms with Gasteiger partial charge in [-0.15, -0.1) is 0 Å². The molecule has 0 unspecified atom stereocenters. The van der Waals surface area contributed by atoms with Crippen molar-refractivity contribution in [2.24, 2.45) is 7.05 Å². The van der Waals surface area contributed by atoms with E-state index in [1.807, 2.05) is 17.8 Å². The van der Waals surface area contributed by atoms with Crippen molar-refractivity contribution in [1.82, 2.24) is 24.0 Å². The molecule has 28 heavy (non-hydrogen) atoms. The van der Waals surface area contributed by atoms with Crippen LogP contribution in [0, 0.1) is 0 Å². The van der Waals surface area contributed by atoms with E-state index in [1.54, 1.807) is 18.3 Å². The number of hydrogen-bond acceptors (Lipinski definition) is 5. The fourth-order valence-corrected chi connectivity index (χ4v) is 3.32. The van der Waals surface area contributed by atoms with E-state index in [2.05, 4.69) is 9.97 Å². The molecule has 7 nitrogen and oxygen atoms in total. The van der Waals surface area contributed by atoms with Gasteiger partial charge in [0.25, 0.3) is 5.91 Å². The number of alkyl halides is 3. The molecule has 0 bridgehead atoms. The maximum atomic E-state index is 12.6. The molecule has 3 rings (SSSR count). The first-order chi connectivity index (χ1) is 13.2. The predicted octanol–water partition coefficient (Wildman–Crippen LogP) is 3.34. The number of furan rings is 1. The quantitative estimate of drug-likeness (QED) is 0.556. The molecule has 0 saturated heterocycles. The first-order valence-electron chi connectivity index (χ1n) is 8.24. The molecule has 0 radical (unpaired) electrons. The molecule has 0 aliphatic rings. The first kappa shape index (κ1) is 20.1. The van der Waals surface area contributed by atoms with E-state index in [0.717, 1.165) is 9.72 Å². The van der Waals surface area contributed by atoms with Crippen LogP contribution in [-0.4, -0.2) is 43.1 Å². The van der Waals surface area contributed by atoms with E-state index in [0.29, 0.717) is 11.5 Å². The van der Waals surface area contributed by atoms with Gasteiger partial charge in [0.05, 0.1) is 12.3 Å². The van der Waals surface area contributed by atoms with E-state index in [1.165, 1.54) is 36.1 Å². The number of hydrogen-bond donors (Lipinski definition) is 0. The maximum absolute atomic E-state index is 12.6. The smallest absolute Gasteiger partial charge is 0.406 e. The van der Waals surface area contributed by atoms with Crippen LogP contribution in [0.25, 0.3) is 0 Å². The van der Waals surface area contributed by atoms with Crippen molar-refractivity contribution in [3.63, 3.8) is 0 Å².